The molecule has 18 heavy (non-hydrogen) atoms. The predicted molar refractivity (Wildman–Crippen MR) is 69.9 cm³/mol. The highest BCUT2D eigenvalue weighted by atomic mass is 32.1. The number of thiophene rings is 1. The summed E-state index contributed by atoms with van der Waals surface area (Å²) in [5.74, 6) is -0.933. The lowest BCUT2D eigenvalue weighted by Crippen LogP contribution is -2.20. The normalized spacial score (nSPS) is 10.7. The second-order valence-electron chi connectivity index (χ2n) is 3.99. The van der Waals surface area contributed by atoms with Gasteiger partial charge < -0.3 is 10.4 Å². The second-order valence-corrected chi connectivity index (χ2v) is 4.77. The average Bonchev–Trinajstić information content (AvgIpc) is 2.94. The summed E-state index contributed by atoms with van der Waals surface area (Å²) in [5, 5.41) is 20.4. The zero-order valence-corrected chi connectivity index (χ0v) is 10.9. The van der Waals surface area contributed by atoms with Gasteiger partial charge in [-0.1, -0.05) is 0 Å². The average molecular weight is 265 g/mol. The maximum atomic E-state index is 11.0. The van der Waals surface area contributed by atoms with Crippen molar-refractivity contribution >= 4 is 17.3 Å². The molecule has 2 rings (SSSR count). The molecule has 2 aromatic rings. The number of aryl methyl sites for hydroxylation is 1. The van der Waals surface area contributed by atoms with Crippen LogP contribution in [0.2, 0.25) is 0 Å². The van der Waals surface area contributed by atoms with Gasteiger partial charge in [-0.05, 0) is 35.4 Å². The number of hydrogen-bond acceptors (Lipinski definition) is 4. The highest BCUT2D eigenvalue weighted by Gasteiger charge is 2.14. The highest BCUT2D eigenvalue weighted by Crippen LogP contribution is 2.08. The molecule has 0 aromatic carbocycles. The number of nitrogens with one attached hydrogen (secondary N) is 1. The van der Waals surface area contributed by atoms with E-state index in [4.69, 9.17) is 5.11 Å². The molecule has 6 heteroatoms. The van der Waals surface area contributed by atoms with Crippen molar-refractivity contribution in [2.24, 2.45) is 7.05 Å². The number of carboxylic acids is 1. The van der Waals surface area contributed by atoms with E-state index in [0.717, 1.165) is 13.0 Å². The Hall–Kier alpha value is -1.66. The van der Waals surface area contributed by atoms with Crippen LogP contribution in [0.15, 0.2) is 23.0 Å². The van der Waals surface area contributed by atoms with Crippen molar-refractivity contribution in [2.45, 2.75) is 13.0 Å². The van der Waals surface area contributed by atoms with Crippen molar-refractivity contribution in [3.05, 3.63) is 39.8 Å². The van der Waals surface area contributed by atoms with Gasteiger partial charge in [0.1, 0.15) is 5.56 Å². The number of nitrogens with zero attached hydrogens (tertiary/aromatic N) is 2. The fourth-order valence-electron chi connectivity index (χ4n) is 1.73. The van der Waals surface area contributed by atoms with E-state index >= 15 is 0 Å². The van der Waals surface area contributed by atoms with Gasteiger partial charge in [0.2, 0.25) is 0 Å². The van der Waals surface area contributed by atoms with Crippen LogP contribution >= 0.6 is 11.3 Å². The number of aromatic carboxylic acids is 1. The smallest absolute Gasteiger partial charge is 0.339 e. The van der Waals surface area contributed by atoms with Crippen LogP contribution in [0.3, 0.4) is 0 Å². The van der Waals surface area contributed by atoms with Gasteiger partial charge in [-0.3, -0.25) is 4.68 Å². The molecule has 0 aliphatic carbocycles. The predicted octanol–water partition coefficient (Wildman–Crippen LogP) is 1.51. The van der Waals surface area contributed by atoms with Gasteiger partial charge in [0.25, 0.3) is 0 Å². The monoisotopic (exact) mass is 265 g/mol. The van der Waals surface area contributed by atoms with E-state index in [9.17, 15) is 4.79 Å². The molecule has 0 aliphatic heterocycles. The van der Waals surface area contributed by atoms with Crippen LogP contribution in [0, 0.1) is 0 Å². The molecule has 0 unspecified atom stereocenters. The van der Waals surface area contributed by atoms with E-state index in [0.29, 0.717) is 12.2 Å². The van der Waals surface area contributed by atoms with E-state index in [-0.39, 0.29) is 5.56 Å². The molecular weight excluding hydrogens is 250 g/mol. The lowest BCUT2D eigenvalue weighted by atomic mass is 10.2. The SMILES string of the molecule is Cn1ncc(C(=O)O)c1CNCCc1ccsc1. The molecule has 0 aliphatic rings. The van der Waals surface area contributed by atoms with Gasteiger partial charge in [0, 0.05) is 13.6 Å². The maximum Gasteiger partial charge on any atom is 0.339 e. The summed E-state index contributed by atoms with van der Waals surface area (Å²) in [5.41, 5.74) is 2.27. The first-order valence-electron chi connectivity index (χ1n) is 5.64. The van der Waals surface area contributed by atoms with Crippen LogP contribution in [0.25, 0.3) is 0 Å². The lowest BCUT2D eigenvalue weighted by Gasteiger charge is -2.06. The van der Waals surface area contributed by atoms with Crippen LogP contribution in [0.1, 0.15) is 21.6 Å². The zero-order chi connectivity index (χ0) is 13.0. The standard InChI is InChI=1S/C12H15N3O2S/c1-15-11(10(6-14-15)12(16)17)7-13-4-2-9-3-5-18-8-9/h3,5-6,8,13H,2,4,7H2,1H3,(H,16,17). The molecule has 2 heterocycles. The van der Waals surface area contributed by atoms with Crippen molar-refractivity contribution in [1.82, 2.24) is 15.1 Å². The van der Waals surface area contributed by atoms with Crippen molar-refractivity contribution in [3.63, 3.8) is 0 Å². The maximum absolute atomic E-state index is 11.0. The molecule has 0 radical (unpaired) electrons. The zero-order valence-electron chi connectivity index (χ0n) is 10.1. The summed E-state index contributed by atoms with van der Waals surface area (Å²) in [7, 11) is 1.75. The minimum absolute atomic E-state index is 0.264. The molecule has 0 saturated heterocycles. The van der Waals surface area contributed by atoms with Crippen molar-refractivity contribution in [3.8, 4) is 0 Å². The molecule has 0 amide bonds. The first-order chi connectivity index (χ1) is 8.68. The van der Waals surface area contributed by atoms with Gasteiger partial charge in [-0.15, -0.1) is 0 Å². The molecule has 0 fully saturated rings. The fourth-order valence-corrected chi connectivity index (χ4v) is 2.43. The van der Waals surface area contributed by atoms with Gasteiger partial charge >= 0.3 is 5.97 Å². The molecule has 2 N–H and O–H groups in total. The van der Waals surface area contributed by atoms with E-state index in [2.05, 4.69) is 27.2 Å². The first kappa shape index (κ1) is 12.8. The van der Waals surface area contributed by atoms with Crippen LogP contribution < -0.4 is 5.32 Å². The van der Waals surface area contributed by atoms with Gasteiger partial charge in [0.15, 0.2) is 0 Å². The van der Waals surface area contributed by atoms with E-state index in [1.54, 1.807) is 23.1 Å². The molecule has 0 spiro atoms. The second kappa shape index (κ2) is 5.79. The van der Waals surface area contributed by atoms with E-state index in [1.807, 2.05) is 0 Å². The quantitative estimate of drug-likeness (QED) is 0.777. The Labute approximate surface area is 109 Å². The third kappa shape index (κ3) is 2.96. The van der Waals surface area contributed by atoms with E-state index < -0.39 is 5.97 Å². The first-order valence-corrected chi connectivity index (χ1v) is 6.58. The minimum Gasteiger partial charge on any atom is -0.478 e. The summed E-state index contributed by atoms with van der Waals surface area (Å²) in [4.78, 5) is 11.0. The summed E-state index contributed by atoms with van der Waals surface area (Å²) >= 11 is 1.68. The van der Waals surface area contributed by atoms with Gasteiger partial charge in [-0.2, -0.15) is 16.4 Å². The number of carboxylic acid groups (broad SMARTS) is 1. The Balaban J connectivity index is 1.86. The molecule has 2 aromatic heterocycles. The third-order valence-corrected chi connectivity index (χ3v) is 3.49. The van der Waals surface area contributed by atoms with Crippen molar-refractivity contribution < 1.29 is 9.90 Å². The Morgan fingerprint density at radius 1 is 1.61 bits per heavy atom. The largest absolute Gasteiger partial charge is 0.478 e. The Bertz CT molecular complexity index is 519. The van der Waals surface area contributed by atoms with Crippen molar-refractivity contribution in [1.29, 1.82) is 0 Å². The summed E-state index contributed by atoms with van der Waals surface area (Å²) in [6.45, 7) is 1.34. The number of rotatable bonds is 6. The number of carbonyl (C=O) groups is 1. The molecular formula is C12H15N3O2S. The molecule has 0 saturated carbocycles. The van der Waals surface area contributed by atoms with Gasteiger partial charge in [-0.25, -0.2) is 4.79 Å². The summed E-state index contributed by atoms with van der Waals surface area (Å²) in [6.07, 6.45) is 2.34. The van der Waals surface area contributed by atoms with E-state index in [1.165, 1.54) is 11.8 Å². The topological polar surface area (TPSA) is 67.2 Å². The van der Waals surface area contributed by atoms with Crippen LogP contribution in [-0.4, -0.2) is 27.4 Å². The van der Waals surface area contributed by atoms with Gasteiger partial charge in [0.05, 0.1) is 11.9 Å². The Kier molecular flexibility index (Phi) is 4.11. The third-order valence-electron chi connectivity index (χ3n) is 2.75. The van der Waals surface area contributed by atoms with Crippen LogP contribution in [-0.2, 0) is 20.0 Å². The highest BCUT2D eigenvalue weighted by molar-refractivity contribution is 7.07. The summed E-state index contributed by atoms with van der Waals surface area (Å²) in [6, 6.07) is 2.10. The Morgan fingerprint density at radius 2 is 2.44 bits per heavy atom. The summed E-state index contributed by atoms with van der Waals surface area (Å²) < 4.78 is 1.60. The molecule has 5 nitrogen and oxygen atoms in total. The molecule has 0 bridgehead atoms. The fraction of sp³-hybridized carbons (Fsp3) is 0.333. The number of aromatic nitrogens is 2. The van der Waals surface area contributed by atoms with Crippen LogP contribution in [0.4, 0.5) is 0 Å². The minimum atomic E-state index is -0.933. The van der Waals surface area contributed by atoms with Crippen LogP contribution in [0.5, 0.6) is 0 Å². The lowest BCUT2D eigenvalue weighted by molar-refractivity contribution is 0.0695. The number of hydrogen-bond donors (Lipinski definition) is 2. The Morgan fingerprint density at radius 3 is 3.11 bits per heavy atom. The molecule has 0 atom stereocenters. The van der Waals surface area contributed by atoms with Crippen molar-refractivity contribution in [2.75, 3.05) is 6.54 Å². The molecule has 96 valence electrons.